The molecule has 194 valence electrons. The third-order valence-electron chi connectivity index (χ3n) is 6.96. The van der Waals surface area contributed by atoms with Gasteiger partial charge in [0, 0.05) is 55.3 Å². The van der Waals surface area contributed by atoms with Crippen LogP contribution in [0.3, 0.4) is 0 Å². The van der Waals surface area contributed by atoms with E-state index in [4.69, 9.17) is 23.2 Å². The molecule has 0 bridgehead atoms. The molecule has 2 aromatic heterocycles. The van der Waals surface area contributed by atoms with Crippen LogP contribution in [-0.4, -0.2) is 47.0 Å². The summed E-state index contributed by atoms with van der Waals surface area (Å²) in [6.07, 6.45) is 4.94. The third-order valence-corrected chi connectivity index (χ3v) is 7.53. The Morgan fingerprint density at radius 2 is 1.79 bits per heavy atom. The number of nitrogens with one attached hydrogen (secondary N) is 2. The van der Waals surface area contributed by atoms with Crippen molar-refractivity contribution in [2.45, 2.75) is 12.8 Å². The zero-order valence-corrected chi connectivity index (χ0v) is 21.8. The van der Waals surface area contributed by atoms with E-state index in [1.165, 1.54) is 24.4 Å². The summed E-state index contributed by atoms with van der Waals surface area (Å²) in [6.45, 7) is 3.59. The lowest BCUT2D eigenvalue weighted by atomic mass is 9.98. The highest BCUT2D eigenvalue weighted by Crippen LogP contribution is 2.41. The Morgan fingerprint density at radius 3 is 2.45 bits per heavy atom. The average molecular weight is 552 g/mol. The molecule has 4 aromatic rings. The Morgan fingerprint density at radius 1 is 1.05 bits per heavy atom. The fourth-order valence-electron chi connectivity index (χ4n) is 4.73. The van der Waals surface area contributed by atoms with Gasteiger partial charge in [0.25, 0.3) is 0 Å². The second-order valence-corrected chi connectivity index (χ2v) is 10.4. The van der Waals surface area contributed by atoms with Gasteiger partial charge in [-0.15, -0.1) is 0 Å². The fraction of sp³-hybridized carbons (Fsp3) is 0.250. The number of rotatable bonds is 6. The summed E-state index contributed by atoms with van der Waals surface area (Å²) in [5, 5.41) is 17.3. The van der Waals surface area contributed by atoms with Gasteiger partial charge >= 0.3 is 0 Å². The maximum absolute atomic E-state index is 15.3. The van der Waals surface area contributed by atoms with Crippen molar-refractivity contribution in [1.82, 2.24) is 15.3 Å². The molecular formula is C28H24Cl2FN5O2. The maximum atomic E-state index is 15.3. The fourth-order valence-corrected chi connectivity index (χ4v) is 5.22. The summed E-state index contributed by atoms with van der Waals surface area (Å²) in [6, 6.07) is 9.72. The minimum Gasteiger partial charge on any atom is -0.505 e. The summed E-state index contributed by atoms with van der Waals surface area (Å²) in [7, 11) is 0. The summed E-state index contributed by atoms with van der Waals surface area (Å²) < 4.78 is 15.3. The molecule has 38 heavy (non-hydrogen) atoms. The molecule has 0 unspecified atom stereocenters. The number of aromatic hydroxyl groups is 1. The molecule has 6 rings (SSSR count). The monoisotopic (exact) mass is 551 g/mol. The van der Waals surface area contributed by atoms with Gasteiger partial charge in [0.15, 0.2) is 11.5 Å². The van der Waals surface area contributed by atoms with E-state index in [9.17, 15) is 9.90 Å². The van der Waals surface area contributed by atoms with E-state index >= 15 is 4.39 Å². The molecule has 3 heterocycles. The number of piperazine rings is 1. The molecule has 2 aliphatic rings. The maximum Gasteiger partial charge on any atom is 0.169 e. The van der Waals surface area contributed by atoms with Crippen molar-refractivity contribution in [3.05, 3.63) is 70.2 Å². The number of phenolic OH excluding ortho intramolecular Hbond substituents is 1. The predicted molar refractivity (Wildman–Crippen MR) is 148 cm³/mol. The number of fused-ring (bicyclic) bond motifs is 1. The summed E-state index contributed by atoms with van der Waals surface area (Å²) in [5.41, 5.74) is 2.69. The minimum atomic E-state index is -0.530. The molecule has 0 spiro atoms. The Labute approximate surface area is 228 Å². The number of anilines is 3. The number of phenols is 1. The van der Waals surface area contributed by atoms with E-state index in [1.807, 2.05) is 12.1 Å². The third kappa shape index (κ3) is 4.75. The Kier molecular flexibility index (Phi) is 6.55. The van der Waals surface area contributed by atoms with Crippen LogP contribution in [0, 0.1) is 11.7 Å². The standard InChI is InChI=1S/C28H24Cl2FN5O2/c29-21-9-16(10-22(30)28(21)38)18-11-19-24(12-23(18)31)33-14-20(27(37)15-1-2-15)26(19)35-17-3-4-25(34-13-17)36-7-5-32-6-8-36/h3-4,9-15,32,38H,1-2,5-8H2,(H,33,35). The van der Waals surface area contributed by atoms with Crippen molar-refractivity contribution >= 4 is 57.1 Å². The SMILES string of the molecule is O=C(c1cnc2cc(F)c(-c3cc(Cl)c(O)c(Cl)c3)cc2c1Nc1ccc(N2CCNCC2)nc1)C1CC1. The van der Waals surface area contributed by atoms with Gasteiger partial charge in [0.1, 0.15) is 11.6 Å². The number of carbonyl (C=O) groups excluding carboxylic acids is 1. The number of Topliss-reactive ketones (excluding diaryl/α,β-unsaturated/α-hetero) is 1. The molecule has 2 aromatic carbocycles. The quantitative estimate of drug-likeness (QED) is 0.246. The van der Waals surface area contributed by atoms with Crippen molar-refractivity contribution in [2.24, 2.45) is 5.92 Å². The number of halogens is 3. The van der Waals surface area contributed by atoms with E-state index in [0.717, 1.165) is 44.8 Å². The molecule has 0 atom stereocenters. The number of aromatic nitrogens is 2. The zero-order chi connectivity index (χ0) is 26.4. The van der Waals surface area contributed by atoms with Crippen LogP contribution in [0.5, 0.6) is 5.75 Å². The second-order valence-electron chi connectivity index (χ2n) is 9.59. The van der Waals surface area contributed by atoms with Crippen LogP contribution < -0.4 is 15.5 Å². The van der Waals surface area contributed by atoms with Crippen molar-refractivity contribution in [1.29, 1.82) is 0 Å². The lowest BCUT2D eigenvalue weighted by molar-refractivity contribution is 0.0968. The van der Waals surface area contributed by atoms with Gasteiger partial charge in [0.2, 0.25) is 0 Å². The Balaban J connectivity index is 1.45. The number of hydrogen-bond acceptors (Lipinski definition) is 7. The van der Waals surface area contributed by atoms with E-state index in [1.54, 1.807) is 12.3 Å². The lowest BCUT2D eigenvalue weighted by Crippen LogP contribution is -2.43. The minimum absolute atomic E-state index is 0.00823. The van der Waals surface area contributed by atoms with Gasteiger partial charge in [-0.2, -0.15) is 0 Å². The molecule has 3 N–H and O–H groups in total. The number of benzene rings is 2. The highest BCUT2D eigenvalue weighted by molar-refractivity contribution is 6.37. The smallest absolute Gasteiger partial charge is 0.169 e. The van der Waals surface area contributed by atoms with Gasteiger partial charge in [-0.05, 0) is 48.7 Å². The molecule has 1 aliphatic heterocycles. The van der Waals surface area contributed by atoms with Crippen LogP contribution in [0.25, 0.3) is 22.0 Å². The average Bonchev–Trinajstić information content (AvgIpc) is 3.78. The highest BCUT2D eigenvalue weighted by Gasteiger charge is 2.33. The number of ketones is 1. The zero-order valence-electron chi connectivity index (χ0n) is 20.3. The molecule has 2 fully saturated rings. The summed E-state index contributed by atoms with van der Waals surface area (Å²) in [4.78, 5) is 24.5. The van der Waals surface area contributed by atoms with Crippen molar-refractivity contribution < 1.29 is 14.3 Å². The molecule has 10 heteroatoms. The normalized spacial score (nSPS) is 15.6. The molecule has 1 saturated carbocycles. The van der Waals surface area contributed by atoms with Crippen molar-refractivity contribution in [2.75, 3.05) is 36.4 Å². The molecule has 7 nitrogen and oxygen atoms in total. The predicted octanol–water partition coefficient (Wildman–Crippen LogP) is 6.19. The van der Waals surface area contributed by atoms with Crippen LogP contribution in [0.15, 0.2) is 48.8 Å². The first-order valence-corrected chi connectivity index (χ1v) is 13.2. The van der Waals surface area contributed by atoms with Gasteiger partial charge in [0.05, 0.1) is 38.7 Å². The Bertz CT molecular complexity index is 1530. The summed E-state index contributed by atoms with van der Waals surface area (Å²) >= 11 is 12.2. The first-order chi connectivity index (χ1) is 18.4. The van der Waals surface area contributed by atoms with Crippen LogP contribution in [-0.2, 0) is 0 Å². The van der Waals surface area contributed by atoms with Gasteiger partial charge < -0.3 is 20.6 Å². The topological polar surface area (TPSA) is 90.4 Å². The molecule has 1 aliphatic carbocycles. The van der Waals surface area contributed by atoms with Crippen LogP contribution in [0.1, 0.15) is 23.2 Å². The van der Waals surface area contributed by atoms with Crippen LogP contribution >= 0.6 is 23.2 Å². The second kappa shape index (κ2) is 10.0. The van der Waals surface area contributed by atoms with E-state index in [0.29, 0.717) is 33.4 Å². The first-order valence-electron chi connectivity index (χ1n) is 12.4. The van der Waals surface area contributed by atoms with E-state index in [2.05, 4.69) is 25.5 Å². The van der Waals surface area contributed by atoms with Gasteiger partial charge in [-0.25, -0.2) is 9.37 Å². The Hall–Kier alpha value is -3.46. The van der Waals surface area contributed by atoms with Crippen LogP contribution in [0.2, 0.25) is 10.0 Å². The van der Waals surface area contributed by atoms with Crippen molar-refractivity contribution in [3.63, 3.8) is 0 Å². The molecular weight excluding hydrogens is 528 g/mol. The summed E-state index contributed by atoms with van der Waals surface area (Å²) in [5.74, 6) is 0.0661. The van der Waals surface area contributed by atoms with Gasteiger partial charge in [-0.1, -0.05) is 23.2 Å². The highest BCUT2D eigenvalue weighted by atomic mass is 35.5. The molecule has 0 amide bonds. The number of hydrogen-bond donors (Lipinski definition) is 3. The van der Waals surface area contributed by atoms with E-state index < -0.39 is 5.82 Å². The molecule has 0 radical (unpaired) electrons. The number of pyridine rings is 2. The first kappa shape index (κ1) is 24.9. The van der Waals surface area contributed by atoms with Crippen molar-refractivity contribution in [3.8, 4) is 16.9 Å². The lowest BCUT2D eigenvalue weighted by Gasteiger charge is -2.28. The largest absolute Gasteiger partial charge is 0.505 e. The van der Waals surface area contributed by atoms with Gasteiger partial charge in [-0.3, -0.25) is 9.78 Å². The number of nitrogens with zero attached hydrogens (tertiary/aromatic N) is 3. The van der Waals surface area contributed by atoms with Crippen LogP contribution in [0.4, 0.5) is 21.6 Å². The van der Waals surface area contributed by atoms with E-state index in [-0.39, 0.29) is 33.1 Å². The molecule has 1 saturated heterocycles. The number of carbonyl (C=O) groups is 1.